The van der Waals surface area contributed by atoms with E-state index in [2.05, 4.69) is 10.6 Å². The number of carbonyl (C=O) groups excluding carboxylic acids is 3. The molecule has 0 aliphatic rings. The Bertz CT molecular complexity index is 1560. The van der Waals surface area contributed by atoms with Crippen molar-refractivity contribution in [1.29, 1.82) is 0 Å². The van der Waals surface area contributed by atoms with Crippen molar-refractivity contribution in [2.45, 2.75) is 0 Å². The molecule has 0 fully saturated rings. The van der Waals surface area contributed by atoms with E-state index in [0.29, 0.717) is 43.0 Å². The van der Waals surface area contributed by atoms with Gasteiger partial charge in [-0.3, -0.25) is 14.4 Å². The van der Waals surface area contributed by atoms with Gasteiger partial charge in [0.1, 0.15) is 5.70 Å². The molecule has 0 bridgehead atoms. The Kier molecular flexibility index (Phi) is 9.34. The molecular formula is C31H21Cl3N2O3. The second-order valence-corrected chi connectivity index (χ2v) is 9.55. The predicted molar refractivity (Wildman–Crippen MR) is 158 cm³/mol. The van der Waals surface area contributed by atoms with Gasteiger partial charge in [-0.2, -0.15) is 0 Å². The van der Waals surface area contributed by atoms with Crippen LogP contribution in [0, 0.1) is 0 Å². The summed E-state index contributed by atoms with van der Waals surface area (Å²) in [7, 11) is 0. The van der Waals surface area contributed by atoms with Crippen molar-refractivity contribution in [2.24, 2.45) is 0 Å². The number of nitrogens with one attached hydrogen (secondary N) is 2. The average molecular weight is 576 g/mol. The number of amides is 2. The van der Waals surface area contributed by atoms with E-state index in [9.17, 15) is 14.4 Å². The maximum atomic E-state index is 13.2. The zero-order chi connectivity index (χ0) is 27.8. The number of carbonyl (C=O) groups is 3. The molecule has 5 nitrogen and oxygen atoms in total. The zero-order valence-corrected chi connectivity index (χ0v) is 22.6. The molecule has 0 aromatic heterocycles. The Labute approximate surface area is 240 Å². The number of benzene rings is 4. The molecular weight excluding hydrogens is 555 g/mol. The molecule has 0 saturated carbocycles. The van der Waals surface area contributed by atoms with Crippen molar-refractivity contribution in [2.75, 3.05) is 5.32 Å². The summed E-state index contributed by atoms with van der Waals surface area (Å²) in [5, 5.41) is 6.79. The summed E-state index contributed by atoms with van der Waals surface area (Å²) in [5.74, 6) is -1.25. The van der Waals surface area contributed by atoms with Crippen molar-refractivity contribution in [3.05, 3.63) is 146 Å². The molecule has 0 unspecified atom stereocenters. The SMILES string of the molecule is O=C(Nc1ccc(C(=O)/C=C/c2c(Cl)cccc2Cl)cc1)/C(=C/c1cccc(Cl)c1)NC(=O)c1ccccc1. The van der Waals surface area contributed by atoms with Crippen LogP contribution in [0.1, 0.15) is 31.8 Å². The quantitative estimate of drug-likeness (QED) is 0.165. The van der Waals surface area contributed by atoms with E-state index < -0.39 is 11.8 Å². The van der Waals surface area contributed by atoms with Gasteiger partial charge < -0.3 is 10.6 Å². The maximum Gasteiger partial charge on any atom is 0.272 e. The van der Waals surface area contributed by atoms with Gasteiger partial charge in [0.25, 0.3) is 11.8 Å². The summed E-state index contributed by atoms with van der Waals surface area (Å²) >= 11 is 18.4. The van der Waals surface area contributed by atoms with Gasteiger partial charge in [0.15, 0.2) is 5.78 Å². The van der Waals surface area contributed by atoms with Crippen molar-refractivity contribution in [3.63, 3.8) is 0 Å². The fourth-order valence-electron chi connectivity index (χ4n) is 3.55. The number of allylic oxidation sites excluding steroid dienone is 1. The lowest BCUT2D eigenvalue weighted by atomic mass is 10.1. The van der Waals surface area contributed by atoms with Crippen molar-refractivity contribution >= 4 is 70.2 Å². The molecule has 0 radical (unpaired) electrons. The first-order chi connectivity index (χ1) is 18.8. The molecule has 39 heavy (non-hydrogen) atoms. The van der Waals surface area contributed by atoms with Crippen LogP contribution in [0.5, 0.6) is 0 Å². The van der Waals surface area contributed by atoms with Gasteiger partial charge in [0.05, 0.1) is 0 Å². The van der Waals surface area contributed by atoms with Gasteiger partial charge in [-0.05, 0) is 84.5 Å². The lowest BCUT2D eigenvalue weighted by Crippen LogP contribution is -2.30. The first-order valence-electron chi connectivity index (χ1n) is 11.7. The van der Waals surface area contributed by atoms with Crippen molar-refractivity contribution in [1.82, 2.24) is 5.32 Å². The molecule has 194 valence electrons. The van der Waals surface area contributed by atoms with Crippen LogP contribution < -0.4 is 10.6 Å². The monoisotopic (exact) mass is 574 g/mol. The molecule has 4 rings (SSSR count). The van der Waals surface area contributed by atoms with Crippen molar-refractivity contribution < 1.29 is 14.4 Å². The Morgan fingerprint density at radius 1 is 0.692 bits per heavy atom. The highest BCUT2D eigenvalue weighted by Gasteiger charge is 2.15. The second kappa shape index (κ2) is 13.1. The summed E-state index contributed by atoms with van der Waals surface area (Å²) in [6, 6.07) is 26.9. The van der Waals surface area contributed by atoms with Crippen LogP contribution >= 0.6 is 34.8 Å². The van der Waals surface area contributed by atoms with Crippen LogP contribution in [0.15, 0.2) is 109 Å². The number of ketones is 1. The normalized spacial score (nSPS) is 11.3. The highest BCUT2D eigenvalue weighted by molar-refractivity contribution is 6.37. The summed E-state index contributed by atoms with van der Waals surface area (Å²) in [6.07, 6.45) is 4.47. The van der Waals surface area contributed by atoms with Gasteiger partial charge in [-0.1, -0.05) is 71.2 Å². The minimum absolute atomic E-state index is 0.0193. The molecule has 2 N–H and O–H groups in total. The first kappa shape index (κ1) is 27.9. The van der Waals surface area contributed by atoms with E-state index in [1.807, 2.05) is 0 Å². The molecule has 0 aliphatic carbocycles. The standard InChI is InChI=1S/C31H21Cl3N2O3/c32-23-9-4-6-20(18-23)19-28(36-30(38)22-7-2-1-3-8-22)31(39)35-24-14-12-21(13-15-24)29(37)17-16-25-26(33)10-5-11-27(25)34/h1-19H,(H,35,39)(H,36,38)/b17-16+,28-19-. The largest absolute Gasteiger partial charge is 0.321 e. The van der Waals surface area contributed by atoms with Gasteiger partial charge in [-0.15, -0.1) is 0 Å². The van der Waals surface area contributed by atoms with E-state index in [0.717, 1.165) is 0 Å². The number of hydrogen-bond acceptors (Lipinski definition) is 3. The third kappa shape index (κ3) is 7.68. The molecule has 0 saturated heterocycles. The molecule has 0 atom stereocenters. The van der Waals surface area contributed by atoms with E-state index in [1.54, 1.807) is 103 Å². The van der Waals surface area contributed by atoms with E-state index in [4.69, 9.17) is 34.8 Å². The van der Waals surface area contributed by atoms with Gasteiger partial charge >= 0.3 is 0 Å². The Hall–Kier alpha value is -4.16. The Morgan fingerprint density at radius 3 is 2.03 bits per heavy atom. The molecule has 2 amide bonds. The van der Waals surface area contributed by atoms with E-state index >= 15 is 0 Å². The number of halogens is 3. The summed E-state index contributed by atoms with van der Waals surface area (Å²) < 4.78 is 0. The van der Waals surface area contributed by atoms with Crippen molar-refractivity contribution in [3.8, 4) is 0 Å². The molecule has 4 aromatic carbocycles. The second-order valence-electron chi connectivity index (χ2n) is 8.30. The Morgan fingerprint density at radius 2 is 1.36 bits per heavy atom. The highest BCUT2D eigenvalue weighted by Crippen LogP contribution is 2.25. The van der Waals surface area contributed by atoms with Crippen LogP contribution in [-0.2, 0) is 4.79 Å². The van der Waals surface area contributed by atoms with Gasteiger partial charge in [-0.25, -0.2) is 0 Å². The fourth-order valence-corrected chi connectivity index (χ4v) is 4.27. The third-order valence-corrected chi connectivity index (χ3v) is 6.41. The van der Waals surface area contributed by atoms with E-state index in [1.165, 1.54) is 12.2 Å². The lowest BCUT2D eigenvalue weighted by Gasteiger charge is -2.12. The Balaban J connectivity index is 1.50. The van der Waals surface area contributed by atoms with Crippen LogP contribution in [0.4, 0.5) is 5.69 Å². The topological polar surface area (TPSA) is 75.3 Å². The fraction of sp³-hybridized carbons (Fsp3) is 0. The minimum atomic E-state index is -0.549. The molecule has 0 spiro atoms. The maximum absolute atomic E-state index is 13.2. The number of anilines is 1. The predicted octanol–water partition coefficient (Wildman–Crippen LogP) is 7.95. The molecule has 0 heterocycles. The molecule has 0 aliphatic heterocycles. The molecule has 8 heteroatoms. The number of hydrogen-bond donors (Lipinski definition) is 2. The summed E-state index contributed by atoms with van der Waals surface area (Å²) in [6.45, 7) is 0. The first-order valence-corrected chi connectivity index (χ1v) is 12.8. The number of rotatable bonds is 8. The lowest BCUT2D eigenvalue weighted by molar-refractivity contribution is -0.113. The third-order valence-electron chi connectivity index (χ3n) is 5.52. The van der Waals surface area contributed by atoms with Gasteiger partial charge in [0.2, 0.25) is 0 Å². The van der Waals surface area contributed by atoms with Crippen LogP contribution in [0.2, 0.25) is 15.1 Å². The molecule has 4 aromatic rings. The van der Waals surface area contributed by atoms with Gasteiger partial charge in [0, 0.05) is 37.4 Å². The van der Waals surface area contributed by atoms with Crippen LogP contribution in [0.3, 0.4) is 0 Å². The average Bonchev–Trinajstić information content (AvgIpc) is 2.93. The van der Waals surface area contributed by atoms with Crippen LogP contribution in [0.25, 0.3) is 12.2 Å². The minimum Gasteiger partial charge on any atom is -0.321 e. The smallest absolute Gasteiger partial charge is 0.272 e. The zero-order valence-electron chi connectivity index (χ0n) is 20.3. The summed E-state index contributed by atoms with van der Waals surface area (Å²) in [5.41, 5.74) is 2.43. The summed E-state index contributed by atoms with van der Waals surface area (Å²) in [4.78, 5) is 38.6. The highest BCUT2D eigenvalue weighted by atomic mass is 35.5. The van der Waals surface area contributed by atoms with Crippen LogP contribution in [-0.4, -0.2) is 17.6 Å². The van der Waals surface area contributed by atoms with E-state index in [-0.39, 0.29) is 11.5 Å².